The first-order valence-electron chi connectivity index (χ1n) is 14.7. The van der Waals surface area contributed by atoms with Crippen LogP contribution in [0.5, 0.6) is 17.2 Å². The molecule has 2 aromatic carbocycles. The molecule has 0 radical (unpaired) electrons. The number of fused-ring (bicyclic) bond motifs is 2. The zero-order chi connectivity index (χ0) is 29.6. The largest absolute Gasteiger partial charge is 0.488 e. The summed E-state index contributed by atoms with van der Waals surface area (Å²) < 4.78 is 22.9. The van der Waals surface area contributed by atoms with Crippen molar-refractivity contribution in [1.29, 1.82) is 0 Å². The van der Waals surface area contributed by atoms with Crippen molar-refractivity contribution in [1.82, 2.24) is 14.7 Å². The van der Waals surface area contributed by atoms with Crippen LogP contribution in [0.1, 0.15) is 36.2 Å². The molecule has 1 saturated heterocycles. The summed E-state index contributed by atoms with van der Waals surface area (Å²) in [5, 5.41) is 12.9. The van der Waals surface area contributed by atoms with E-state index < -0.39 is 0 Å². The van der Waals surface area contributed by atoms with Crippen LogP contribution < -0.4 is 19.5 Å². The molecule has 0 saturated carbocycles. The second-order valence-electron chi connectivity index (χ2n) is 11.5. The lowest BCUT2D eigenvalue weighted by molar-refractivity contribution is -0.116. The standard InChI is InChI=1S/C31H42N4O7/c1-21-16-35(22(2)19-36)31(38)25-15-24(32-30(37)8-9-34-10-12-39-13-11-34)5-7-26(25)42-29(21)18-33(3)17-23-4-6-27-28(14-23)41-20-40-27/h4-7,14-15,21-22,29,36H,8-13,16-20H2,1-3H3,(H,32,37)/t21-,22-,29+/m1/s1. The number of hydrogen-bond donors (Lipinski definition) is 2. The molecule has 1 fully saturated rings. The second-order valence-corrected chi connectivity index (χ2v) is 11.5. The minimum atomic E-state index is -0.371. The first-order chi connectivity index (χ1) is 20.3. The van der Waals surface area contributed by atoms with E-state index in [4.69, 9.17) is 18.9 Å². The fraction of sp³-hybridized carbons (Fsp3) is 0.548. The van der Waals surface area contributed by atoms with Crippen LogP contribution in [0, 0.1) is 5.92 Å². The fourth-order valence-corrected chi connectivity index (χ4v) is 5.55. The van der Waals surface area contributed by atoms with Gasteiger partial charge in [0.05, 0.1) is 31.4 Å². The number of carbonyl (C=O) groups is 2. The van der Waals surface area contributed by atoms with E-state index in [1.54, 1.807) is 23.1 Å². The molecule has 3 aliphatic heterocycles. The number of amides is 2. The van der Waals surface area contributed by atoms with Gasteiger partial charge in [-0.2, -0.15) is 0 Å². The van der Waals surface area contributed by atoms with Crippen LogP contribution in [0.3, 0.4) is 0 Å². The topological polar surface area (TPSA) is 113 Å². The monoisotopic (exact) mass is 582 g/mol. The number of ether oxygens (including phenoxy) is 4. The summed E-state index contributed by atoms with van der Waals surface area (Å²) in [7, 11) is 2.04. The number of nitrogens with zero attached hydrogens (tertiary/aromatic N) is 3. The summed E-state index contributed by atoms with van der Waals surface area (Å²) in [4.78, 5) is 32.6. The van der Waals surface area contributed by atoms with Crippen molar-refractivity contribution < 1.29 is 33.6 Å². The smallest absolute Gasteiger partial charge is 0.258 e. The third kappa shape index (κ3) is 7.33. The van der Waals surface area contributed by atoms with Crippen LogP contribution in [0.15, 0.2) is 36.4 Å². The van der Waals surface area contributed by atoms with Gasteiger partial charge in [-0.1, -0.05) is 13.0 Å². The molecular formula is C31H42N4O7. The van der Waals surface area contributed by atoms with E-state index in [-0.39, 0.29) is 43.3 Å². The summed E-state index contributed by atoms with van der Waals surface area (Å²) >= 11 is 0. The third-order valence-corrected chi connectivity index (χ3v) is 8.09. The Morgan fingerprint density at radius 2 is 1.88 bits per heavy atom. The van der Waals surface area contributed by atoms with Gasteiger partial charge in [-0.3, -0.25) is 19.4 Å². The number of carbonyl (C=O) groups excluding carboxylic acids is 2. The minimum Gasteiger partial charge on any atom is -0.488 e. The molecule has 3 atom stereocenters. The Bertz CT molecular complexity index is 1250. The fourth-order valence-electron chi connectivity index (χ4n) is 5.55. The molecule has 2 aromatic rings. The van der Waals surface area contributed by atoms with E-state index in [0.29, 0.717) is 62.8 Å². The molecule has 11 nitrogen and oxygen atoms in total. The van der Waals surface area contributed by atoms with Gasteiger partial charge in [0.25, 0.3) is 5.91 Å². The molecule has 0 unspecified atom stereocenters. The molecule has 2 N–H and O–H groups in total. The average molecular weight is 583 g/mol. The number of rotatable bonds is 10. The van der Waals surface area contributed by atoms with Gasteiger partial charge >= 0.3 is 0 Å². The van der Waals surface area contributed by atoms with Crippen LogP contribution in [0.4, 0.5) is 5.69 Å². The number of aliphatic hydroxyl groups is 1. The molecule has 2 amide bonds. The van der Waals surface area contributed by atoms with Crippen molar-refractivity contribution in [2.75, 3.05) is 71.7 Å². The van der Waals surface area contributed by atoms with Crippen LogP contribution in [0.25, 0.3) is 0 Å². The number of anilines is 1. The third-order valence-electron chi connectivity index (χ3n) is 8.09. The maximum atomic E-state index is 13.7. The molecule has 5 rings (SSSR count). The molecular weight excluding hydrogens is 540 g/mol. The number of hydrogen-bond acceptors (Lipinski definition) is 9. The Balaban J connectivity index is 1.30. The Kier molecular flexibility index (Phi) is 9.84. The maximum Gasteiger partial charge on any atom is 0.258 e. The molecule has 0 aliphatic carbocycles. The quantitative estimate of drug-likeness (QED) is 0.436. The molecule has 0 aromatic heterocycles. The van der Waals surface area contributed by atoms with E-state index in [9.17, 15) is 14.7 Å². The summed E-state index contributed by atoms with van der Waals surface area (Å²) in [6, 6.07) is 10.8. The Morgan fingerprint density at radius 1 is 1.12 bits per heavy atom. The van der Waals surface area contributed by atoms with Gasteiger partial charge in [-0.25, -0.2) is 0 Å². The molecule has 0 bridgehead atoms. The highest BCUT2D eigenvalue weighted by molar-refractivity contribution is 6.00. The minimum absolute atomic E-state index is 0.00475. The van der Waals surface area contributed by atoms with Crippen LogP contribution in [0.2, 0.25) is 0 Å². The highest BCUT2D eigenvalue weighted by Gasteiger charge is 2.33. The van der Waals surface area contributed by atoms with Gasteiger partial charge < -0.3 is 34.3 Å². The van der Waals surface area contributed by atoms with Crippen LogP contribution in [-0.2, 0) is 16.1 Å². The van der Waals surface area contributed by atoms with E-state index in [1.807, 2.05) is 32.2 Å². The predicted octanol–water partition coefficient (Wildman–Crippen LogP) is 2.43. The first-order valence-corrected chi connectivity index (χ1v) is 14.7. The van der Waals surface area contributed by atoms with Gasteiger partial charge in [0.2, 0.25) is 12.7 Å². The molecule has 3 aliphatic rings. The zero-order valence-electron chi connectivity index (χ0n) is 24.7. The Morgan fingerprint density at radius 3 is 2.67 bits per heavy atom. The number of morpholine rings is 1. The van der Waals surface area contributed by atoms with E-state index in [0.717, 1.165) is 30.2 Å². The van der Waals surface area contributed by atoms with Crippen LogP contribution in [-0.4, -0.2) is 110 Å². The molecule has 42 heavy (non-hydrogen) atoms. The summed E-state index contributed by atoms with van der Waals surface area (Å²) in [5.41, 5.74) is 2.01. The van der Waals surface area contributed by atoms with Gasteiger partial charge in [-0.05, 0) is 49.9 Å². The Labute approximate surface area is 247 Å². The van der Waals surface area contributed by atoms with Gasteiger partial charge in [0, 0.05) is 57.3 Å². The van der Waals surface area contributed by atoms with Gasteiger partial charge in [0.1, 0.15) is 11.9 Å². The summed E-state index contributed by atoms with van der Waals surface area (Å²) in [5.74, 6) is 1.63. The summed E-state index contributed by atoms with van der Waals surface area (Å²) in [6.07, 6.45) is 0.128. The number of benzene rings is 2. The highest BCUT2D eigenvalue weighted by atomic mass is 16.7. The lowest BCUT2D eigenvalue weighted by Gasteiger charge is -2.38. The number of aliphatic hydroxyl groups excluding tert-OH is 1. The van der Waals surface area contributed by atoms with Crippen molar-refractivity contribution in [2.45, 2.75) is 39.0 Å². The van der Waals surface area contributed by atoms with E-state index >= 15 is 0 Å². The van der Waals surface area contributed by atoms with E-state index in [2.05, 4.69) is 22.0 Å². The average Bonchev–Trinajstić information content (AvgIpc) is 3.46. The lowest BCUT2D eigenvalue weighted by Crippen LogP contribution is -2.49. The van der Waals surface area contributed by atoms with Crippen molar-refractivity contribution in [3.63, 3.8) is 0 Å². The zero-order valence-corrected chi connectivity index (χ0v) is 24.7. The van der Waals surface area contributed by atoms with Gasteiger partial charge in [0.15, 0.2) is 11.5 Å². The highest BCUT2D eigenvalue weighted by Crippen LogP contribution is 2.33. The van der Waals surface area contributed by atoms with Crippen molar-refractivity contribution in [3.8, 4) is 17.2 Å². The normalized spacial score (nSPS) is 21.4. The number of likely N-dealkylation sites (N-methyl/N-ethyl adjacent to an activating group) is 1. The maximum absolute atomic E-state index is 13.7. The molecule has 3 heterocycles. The van der Waals surface area contributed by atoms with E-state index in [1.165, 1.54) is 0 Å². The van der Waals surface area contributed by atoms with Crippen LogP contribution >= 0.6 is 0 Å². The first kappa shape index (κ1) is 30.1. The van der Waals surface area contributed by atoms with Crippen molar-refractivity contribution in [3.05, 3.63) is 47.5 Å². The lowest BCUT2D eigenvalue weighted by atomic mass is 9.99. The molecule has 228 valence electrons. The van der Waals surface area contributed by atoms with Crippen molar-refractivity contribution in [2.24, 2.45) is 5.92 Å². The SMILES string of the molecule is C[C@@H]1CN([C@H](C)CO)C(=O)c2cc(NC(=O)CCN3CCOCC3)ccc2O[C@H]1CN(C)Cc1ccc2c(c1)OCO2. The van der Waals surface area contributed by atoms with Gasteiger partial charge in [-0.15, -0.1) is 0 Å². The number of nitrogens with one attached hydrogen (secondary N) is 1. The van der Waals surface area contributed by atoms with Crippen molar-refractivity contribution >= 4 is 17.5 Å². The second kappa shape index (κ2) is 13.7. The predicted molar refractivity (Wildman–Crippen MR) is 157 cm³/mol. The summed E-state index contributed by atoms with van der Waals surface area (Å²) in [6.45, 7) is 9.39. The molecule has 11 heteroatoms. The Hall–Kier alpha value is -3.38. The molecule has 0 spiro atoms.